The summed E-state index contributed by atoms with van der Waals surface area (Å²) in [7, 11) is 0. The third-order valence-electron chi connectivity index (χ3n) is 5.82. The van der Waals surface area contributed by atoms with Crippen molar-refractivity contribution in [3.05, 3.63) is 29.8 Å². The molecule has 1 N–H and O–H groups in total. The molecule has 0 saturated carbocycles. The summed E-state index contributed by atoms with van der Waals surface area (Å²) in [6.07, 6.45) is 0. The van der Waals surface area contributed by atoms with Crippen LogP contribution in [-0.4, -0.2) is 73.1 Å². The smallest absolute Gasteiger partial charge is 0.254 e. The summed E-state index contributed by atoms with van der Waals surface area (Å²) in [5.41, 5.74) is 2.02. The maximum Gasteiger partial charge on any atom is 0.254 e. The highest BCUT2D eigenvalue weighted by molar-refractivity contribution is 5.95. The van der Waals surface area contributed by atoms with E-state index < -0.39 is 0 Å². The number of rotatable bonds is 3. The summed E-state index contributed by atoms with van der Waals surface area (Å²) in [5.74, 6) is 0.150. The molecule has 0 radical (unpaired) electrons. The van der Waals surface area contributed by atoms with Gasteiger partial charge in [-0.1, -0.05) is 0 Å². The summed E-state index contributed by atoms with van der Waals surface area (Å²) >= 11 is 0. The van der Waals surface area contributed by atoms with Crippen molar-refractivity contribution in [2.75, 3.05) is 44.2 Å². The van der Waals surface area contributed by atoms with E-state index in [1.165, 1.54) is 5.69 Å². The molecule has 5 nitrogen and oxygen atoms in total. The molecule has 2 aliphatic rings. The molecule has 3 rings (SSSR count). The molecular formula is C20H34Cl2N4O. The van der Waals surface area contributed by atoms with E-state index in [9.17, 15) is 4.79 Å². The molecule has 0 aliphatic carbocycles. The first-order chi connectivity index (χ1) is 12.0. The zero-order chi connectivity index (χ0) is 18.0. The molecule has 2 saturated heterocycles. The van der Waals surface area contributed by atoms with Crippen LogP contribution >= 0.6 is 24.8 Å². The van der Waals surface area contributed by atoms with Crippen molar-refractivity contribution in [2.45, 2.75) is 45.8 Å². The van der Waals surface area contributed by atoms with E-state index in [1.807, 2.05) is 17.0 Å². The number of hydrogen-bond donors (Lipinski definition) is 1. The Balaban J connectivity index is 0.00000182. The Morgan fingerprint density at radius 1 is 1.00 bits per heavy atom. The number of nitrogens with one attached hydrogen (secondary N) is 1. The summed E-state index contributed by atoms with van der Waals surface area (Å²) < 4.78 is 0. The number of carbonyl (C=O) groups excluding carboxylic acids is 1. The first-order valence-electron chi connectivity index (χ1n) is 9.61. The first-order valence-corrected chi connectivity index (χ1v) is 9.61. The number of halogens is 2. The topological polar surface area (TPSA) is 38.8 Å². The van der Waals surface area contributed by atoms with Crippen LogP contribution in [0.3, 0.4) is 0 Å². The number of carbonyl (C=O) groups is 1. The van der Waals surface area contributed by atoms with Gasteiger partial charge in [0.05, 0.1) is 0 Å². The van der Waals surface area contributed by atoms with Crippen LogP contribution in [0.5, 0.6) is 0 Å². The van der Waals surface area contributed by atoms with Gasteiger partial charge in [-0.3, -0.25) is 9.69 Å². The van der Waals surface area contributed by atoms with Crippen molar-refractivity contribution in [1.82, 2.24) is 15.1 Å². The van der Waals surface area contributed by atoms with E-state index in [-0.39, 0.29) is 36.8 Å². The molecule has 2 heterocycles. The first kappa shape index (κ1) is 24.0. The van der Waals surface area contributed by atoms with E-state index in [4.69, 9.17) is 0 Å². The molecule has 27 heavy (non-hydrogen) atoms. The summed E-state index contributed by atoms with van der Waals surface area (Å²) in [5, 5.41) is 3.43. The van der Waals surface area contributed by atoms with Gasteiger partial charge < -0.3 is 15.1 Å². The van der Waals surface area contributed by atoms with Crippen LogP contribution in [0.2, 0.25) is 0 Å². The van der Waals surface area contributed by atoms with Crippen molar-refractivity contribution in [3.8, 4) is 0 Å². The van der Waals surface area contributed by atoms with Crippen molar-refractivity contribution in [1.29, 1.82) is 0 Å². The minimum atomic E-state index is 0. The molecule has 7 heteroatoms. The second kappa shape index (κ2) is 10.5. The predicted molar refractivity (Wildman–Crippen MR) is 118 cm³/mol. The van der Waals surface area contributed by atoms with Crippen molar-refractivity contribution in [2.24, 2.45) is 0 Å². The molecule has 1 aromatic rings. The van der Waals surface area contributed by atoms with Gasteiger partial charge in [0.2, 0.25) is 0 Å². The third kappa shape index (κ3) is 5.50. The van der Waals surface area contributed by atoms with Gasteiger partial charge in [-0.2, -0.15) is 0 Å². The van der Waals surface area contributed by atoms with Crippen molar-refractivity contribution < 1.29 is 4.79 Å². The number of nitrogens with zero attached hydrogens (tertiary/aromatic N) is 3. The molecule has 0 bridgehead atoms. The second-order valence-electron chi connectivity index (χ2n) is 7.65. The molecule has 0 aromatic heterocycles. The summed E-state index contributed by atoms with van der Waals surface area (Å²) in [4.78, 5) is 19.8. The fraction of sp³-hybridized carbons (Fsp3) is 0.650. The monoisotopic (exact) mass is 416 g/mol. The molecule has 1 amide bonds. The van der Waals surface area contributed by atoms with Gasteiger partial charge in [0.25, 0.3) is 5.91 Å². The Morgan fingerprint density at radius 2 is 1.59 bits per heavy atom. The standard InChI is InChI=1S/C20H32N4O.2ClH/c1-15(2)22-11-13-23(14-12-22)19-7-5-18(6-8-19)20(25)24-10-9-21-16(3)17(24)4;;/h5-8,15-17,21H,9-14H2,1-4H3;2*1H. The van der Waals surface area contributed by atoms with Crippen LogP contribution < -0.4 is 10.2 Å². The minimum Gasteiger partial charge on any atom is -0.369 e. The maximum atomic E-state index is 12.8. The predicted octanol–water partition coefficient (Wildman–Crippen LogP) is 2.88. The van der Waals surface area contributed by atoms with Crippen molar-refractivity contribution >= 4 is 36.4 Å². The highest BCUT2D eigenvalue weighted by atomic mass is 35.5. The second-order valence-corrected chi connectivity index (χ2v) is 7.65. The SMILES string of the molecule is CC1NCCN(C(=O)c2ccc(N3CCN(C(C)C)CC3)cc2)C1C.Cl.Cl. The van der Waals surface area contributed by atoms with Gasteiger partial charge in [-0.25, -0.2) is 0 Å². The van der Waals surface area contributed by atoms with Crippen LogP contribution in [0.4, 0.5) is 5.69 Å². The van der Waals surface area contributed by atoms with Crippen LogP contribution in [0, 0.1) is 0 Å². The fourth-order valence-corrected chi connectivity index (χ4v) is 3.82. The van der Waals surface area contributed by atoms with Crippen LogP contribution in [0.25, 0.3) is 0 Å². The van der Waals surface area contributed by atoms with Gasteiger partial charge >= 0.3 is 0 Å². The Kier molecular flexibility index (Phi) is 9.35. The summed E-state index contributed by atoms with van der Waals surface area (Å²) in [6.45, 7) is 14.8. The lowest BCUT2D eigenvalue weighted by atomic mass is 10.0. The van der Waals surface area contributed by atoms with E-state index in [1.54, 1.807) is 0 Å². The van der Waals surface area contributed by atoms with Crippen molar-refractivity contribution in [3.63, 3.8) is 0 Å². The van der Waals surface area contributed by atoms with E-state index in [0.717, 1.165) is 44.8 Å². The van der Waals surface area contributed by atoms with Gasteiger partial charge in [0.1, 0.15) is 0 Å². The summed E-state index contributed by atoms with van der Waals surface area (Å²) in [6, 6.07) is 9.38. The molecule has 2 aliphatic heterocycles. The fourth-order valence-electron chi connectivity index (χ4n) is 3.82. The molecular weight excluding hydrogens is 383 g/mol. The molecule has 154 valence electrons. The quantitative estimate of drug-likeness (QED) is 0.821. The Labute approximate surface area is 176 Å². The number of anilines is 1. The zero-order valence-corrected chi connectivity index (χ0v) is 18.5. The molecule has 0 spiro atoms. The number of benzene rings is 1. The number of amides is 1. The lowest BCUT2D eigenvalue weighted by Gasteiger charge is -2.39. The van der Waals surface area contributed by atoms with Crippen LogP contribution in [0.15, 0.2) is 24.3 Å². The Hall–Kier alpha value is -1.01. The van der Waals surface area contributed by atoms with Gasteiger partial charge in [0.15, 0.2) is 0 Å². The molecule has 2 unspecified atom stereocenters. The van der Waals surface area contributed by atoms with Gasteiger partial charge in [-0.05, 0) is 52.0 Å². The average Bonchev–Trinajstić information content (AvgIpc) is 2.64. The lowest BCUT2D eigenvalue weighted by Crippen LogP contribution is -2.57. The number of hydrogen-bond acceptors (Lipinski definition) is 4. The highest BCUT2D eigenvalue weighted by Gasteiger charge is 2.28. The largest absolute Gasteiger partial charge is 0.369 e. The lowest BCUT2D eigenvalue weighted by molar-refractivity contribution is 0.0603. The van der Waals surface area contributed by atoms with E-state index >= 15 is 0 Å². The average molecular weight is 417 g/mol. The minimum absolute atomic E-state index is 0. The van der Waals surface area contributed by atoms with Gasteiger partial charge in [0, 0.05) is 68.6 Å². The molecule has 2 fully saturated rings. The number of piperazine rings is 2. The maximum absolute atomic E-state index is 12.8. The van der Waals surface area contributed by atoms with Gasteiger partial charge in [-0.15, -0.1) is 24.8 Å². The Morgan fingerprint density at radius 3 is 2.15 bits per heavy atom. The third-order valence-corrected chi connectivity index (χ3v) is 5.82. The molecule has 2 atom stereocenters. The molecule has 1 aromatic carbocycles. The highest BCUT2D eigenvalue weighted by Crippen LogP contribution is 2.20. The zero-order valence-electron chi connectivity index (χ0n) is 16.9. The normalized spacial score (nSPS) is 23.6. The Bertz CT molecular complexity index is 588. The van der Waals surface area contributed by atoms with Crippen LogP contribution in [0.1, 0.15) is 38.1 Å². The van der Waals surface area contributed by atoms with E-state index in [0.29, 0.717) is 12.1 Å². The van der Waals surface area contributed by atoms with E-state index in [2.05, 4.69) is 54.9 Å². The van der Waals surface area contributed by atoms with Crippen LogP contribution in [-0.2, 0) is 0 Å².